The number of nitrogens with two attached hydrogens (primary N) is 1. The van der Waals surface area contributed by atoms with Crippen molar-refractivity contribution in [1.82, 2.24) is 9.80 Å². The van der Waals surface area contributed by atoms with Crippen molar-refractivity contribution in [3.8, 4) is 0 Å². The van der Waals surface area contributed by atoms with Crippen LogP contribution in [0.15, 0.2) is 4.99 Å². The standard InChI is InChI=1S/C13H24N4O.HI/c14-13(17-9-3-1-2-4-10-17)15-11-12(18)16-7-5-6-8-16;/h1-11H2,(H2,14,15);1H. The highest BCUT2D eigenvalue weighted by Crippen LogP contribution is 2.10. The summed E-state index contributed by atoms with van der Waals surface area (Å²) in [6.45, 7) is 3.94. The van der Waals surface area contributed by atoms with Crippen molar-refractivity contribution in [1.29, 1.82) is 0 Å². The number of carbonyl (C=O) groups excluding carboxylic acids is 1. The van der Waals surface area contributed by atoms with Gasteiger partial charge in [-0.2, -0.15) is 0 Å². The minimum absolute atomic E-state index is 0. The van der Waals surface area contributed by atoms with Crippen LogP contribution < -0.4 is 5.73 Å². The third kappa shape index (κ3) is 5.16. The molecule has 2 saturated heterocycles. The lowest BCUT2D eigenvalue weighted by Crippen LogP contribution is -2.39. The zero-order chi connectivity index (χ0) is 12.8. The molecule has 6 heteroatoms. The number of aliphatic imine (C=N–C) groups is 1. The molecule has 0 spiro atoms. The van der Waals surface area contributed by atoms with Crippen molar-refractivity contribution < 1.29 is 4.79 Å². The Kier molecular flexibility index (Phi) is 7.48. The van der Waals surface area contributed by atoms with E-state index in [9.17, 15) is 4.79 Å². The third-order valence-electron chi connectivity index (χ3n) is 3.77. The van der Waals surface area contributed by atoms with E-state index in [1.165, 1.54) is 25.7 Å². The second-order valence-electron chi connectivity index (χ2n) is 5.16. The van der Waals surface area contributed by atoms with Crippen molar-refractivity contribution in [2.75, 3.05) is 32.7 Å². The predicted molar refractivity (Wildman–Crippen MR) is 87.8 cm³/mol. The highest BCUT2D eigenvalue weighted by molar-refractivity contribution is 14.0. The van der Waals surface area contributed by atoms with Gasteiger partial charge in [-0.1, -0.05) is 12.8 Å². The van der Waals surface area contributed by atoms with Gasteiger partial charge < -0.3 is 15.5 Å². The van der Waals surface area contributed by atoms with Crippen LogP contribution in [0.3, 0.4) is 0 Å². The molecular weight excluding hydrogens is 355 g/mol. The minimum atomic E-state index is 0. The molecule has 0 atom stereocenters. The van der Waals surface area contributed by atoms with Crippen LogP contribution >= 0.6 is 24.0 Å². The monoisotopic (exact) mass is 380 g/mol. The van der Waals surface area contributed by atoms with Crippen LogP contribution in [-0.4, -0.2) is 54.4 Å². The summed E-state index contributed by atoms with van der Waals surface area (Å²) < 4.78 is 0. The average molecular weight is 380 g/mol. The van der Waals surface area contributed by atoms with Gasteiger partial charge in [0.25, 0.3) is 0 Å². The van der Waals surface area contributed by atoms with Crippen LogP contribution in [0, 0.1) is 0 Å². The summed E-state index contributed by atoms with van der Waals surface area (Å²) in [4.78, 5) is 20.1. The van der Waals surface area contributed by atoms with Crippen molar-refractivity contribution >= 4 is 35.8 Å². The Morgan fingerprint density at radius 2 is 1.37 bits per heavy atom. The van der Waals surface area contributed by atoms with E-state index in [4.69, 9.17) is 5.73 Å². The molecule has 0 bridgehead atoms. The van der Waals surface area contributed by atoms with Crippen molar-refractivity contribution in [3.63, 3.8) is 0 Å². The van der Waals surface area contributed by atoms with Crippen LogP contribution in [0.5, 0.6) is 0 Å². The van der Waals surface area contributed by atoms with Gasteiger partial charge in [0, 0.05) is 26.2 Å². The molecule has 0 aliphatic carbocycles. The Morgan fingerprint density at radius 3 is 1.95 bits per heavy atom. The Bertz CT molecular complexity index is 308. The Hall–Kier alpha value is -0.530. The molecule has 2 heterocycles. The number of amides is 1. The minimum Gasteiger partial charge on any atom is -0.370 e. The number of halogens is 1. The predicted octanol–water partition coefficient (Wildman–Crippen LogP) is 1.42. The largest absolute Gasteiger partial charge is 0.370 e. The number of likely N-dealkylation sites (tertiary alicyclic amines) is 2. The lowest BCUT2D eigenvalue weighted by atomic mass is 10.2. The van der Waals surface area contributed by atoms with Crippen molar-refractivity contribution in [2.45, 2.75) is 38.5 Å². The number of hydrogen-bond donors (Lipinski definition) is 1. The fourth-order valence-electron chi connectivity index (χ4n) is 2.61. The smallest absolute Gasteiger partial charge is 0.244 e. The molecule has 2 N–H and O–H groups in total. The van der Waals surface area contributed by atoms with E-state index < -0.39 is 0 Å². The summed E-state index contributed by atoms with van der Waals surface area (Å²) in [5, 5.41) is 0. The topological polar surface area (TPSA) is 61.9 Å². The van der Waals surface area contributed by atoms with Gasteiger partial charge in [-0.25, -0.2) is 4.99 Å². The maximum atomic E-state index is 11.8. The number of nitrogens with zero attached hydrogens (tertiary/aromatic N) is 3. The molecule has 2 aliphatic rings. The summed E-state index contributed by atoms with van der Waals surface area (Å²) in [7, 11) is 0. The highest BCUT2D eigenvalue weighted by atomic mass is 127. The quantitative estimate of drug-likeness (QED) is 0.448. The molecule has 2 rings (SSSR count). The van der Waals surface area contributed by atoms with Crippen molar-refractivity contribution in [2.24, 2.45) is 10.7 Å². The molecule has 0 aromatic carbocycles. The first-order valence-electron chi connectivity index (χ1n) is 7.10. The number of carbonyl (C=O) groups is 1. The molecule has 2 fully saturated rings. The maximum Gasteiger partial charge on any atom is 0.244 e. The van der Waals surface area contributed by atoms with E-state index in [0.717, 1.165) is 39.0 Å². The van der Waals surface area contributed by atoms with E-state index in [1.54, 1.807) is 0 Å². The molecule has 2 aliphatic heterocycles. The lowest BCUT2D eigenvalue weighted by Gasteiger charge is -2.21. The Morgan fingerprint density at radius 1 is 0.895 bits per heavy atom. The first kappa shape index (κ1) is 16.5. The van der Waals surface area contributed by atoms with Gasteiger partial charge in [0.2, 0.25) is 5.91 Å². The fraction of sp³-hybridized carbons (Fsp3) is 0.846. The molecule has 0 unspecified atom stereocenters. The van der Waals surface area contributed by atoms with Crippen LogP contribution in [0.2, 0.25) is 0 Å². The fourth-order valence-corrected chi connectivity index (χ4v) is 2.61. The van der Waals surface area contributed by atoms with Gasteiger partial charge in [0.1, 0.15) is 6.54 Å². The van der Waals surface area contributed by atoms with E-state index in [-0.39, 0.29) is 36.4 Å². The SMILES string of the molecule is I.NC(=NCC(=O)N1CCCC1)N1CCCCCC1. The van der Waals surface area contributed by atoms with Gasteiger partial charge in [0.15, 0.2) is 5.96 Å². The molecule has 5 nitrogen and oxygen atoms in total. The third-order valence-corrected chi connectivity index (χ3v) is 3.77. The van der Waals surface area contributed by atoms with E-state index in [0.29, 0.717) is 5.96 Å². The number of rotatable bonds is 2. The van der Waals surface area contributed by atoms with Gasteiger partial charge >= 0.3 is 0 Å². The maximum absolute atomic E-state index is 11.8. The second kappa shape index (κ2) is 8.60. The second-order valence-corrected chi connectivity index (χ2v) is 5.16. The van der Waals surface area contributed by atoms with E-state index >= 15 is 0 Å². The van der Waals surface area contributed by atoms with Crippen molar-refractivity contribution in [3.05, 3.63) is 0 Å². The van der Waals surface area contributed by atoms with Crippen LogP contribution in [0.25, 0.3) is 0 Å². The molecule has 0 aromatic heterocycles. The summed E-state index contributed by atoms with van der Waals surface area (Å²) in [6, 6.07) is 0. The molecule has 0 aromatic rings. The van der Waals surface area contributed by atoms with Gasteiger partial charge in [-0.15, -0.1) is 24.0 Å². The summed E-state index contributed by atoms with van der Waals surface area (Å²) in [5.74, 6) is 0.662. The molecule has 0 radical (unpaired) electrons. The average Bonchev–Trinajstić information content (AvgIpc) is 2.78. The molecule has 1 amide bonds. The van der Waals surface area contributed by atoms with Gasteiger partial charge in [-0.3, -0.25) is 4.79 Å². The van der Waals surface area contributed by atoms with E-state index in [2.05, 4.69) is 9.89 Å². The summed E-state index contributed by atoms with van der Waals surface area (Å²) in [5.41, 5.74) is 5.97. The number of hydrogen-bond acceptors (Lipinski definition) is 2. The first-order valence-corrected chi connectivity index (χ1v) is 7.10. The Labute approximate surface area is 132 Å². The van der Waals surface area contributed by atoms with E-state index in [1.807, 2.05) is 4.90 Å². The molecular formula is C13H25IN4O. The van der Waals surface area contributed by atoms with Crippen LogP contribution in [0.1, 0.15) is 38.5 Å². The van der Waals surface area contributed by atoms with Gasteiger partial charge in [0.05, 0.1) is 0 Å². The summed E-state index contributed by atoms with van der Waals surface area (Å²) in [6.07, 6.45) is 7.15. The number of guanidine groups is 1. The first-order chi connectivity index (χ1) is 8.77. The molecule has 0 saturated carbocycles. The zero-order valence-corrected chi connectivity index (χ0v) is 13.8. The Balaban J connectivity index is 0.00000180. The molecule has 110 valence electrons. The molecule has 19 heavy (non-hydrogen) atoms. The summed E-state index contributed by atoms with van der Waals surface area (Å²) >= 11 is 0. The van der Waals surface area contributed by atoms with Crippen LogP contribution in [-0.2, 0) is 4.79 Å². The zero-order valence-electron chi connectivity index (χ0n) is 11.5. The normalized spacial score (nSPS) is 20.9. The lowest BCUT2D eigenvalue weighted by molar-refractivity contribution is -0.128. The van der Waals surface area contributed by atoms with Crippen LogP contribution in [0.4, 0.5) is 0 Å². The van der Waals surface area contributed by atoms with Gasteiger partial charge in [-0.05, 0) is 25.7 Å². The highest BCUT2D eigenvalue weighted by Gasteiger charge is 2.18.